The Hall–Kier alpha value is -4.21. The molecule has 0 saturated heterocycles. The number of hydrogen-bond donors (Lipinski definition) is 1. The molecule has 5 rings (SSSR count). The molecule has 0 bridgehead atoms. The van der Waals surface area contributed by atoms with E-state index in [0.717, 1.165) is 74.7 Å². The lowest BCUT2D eigenvalue weighted by molar-refractivity contribution is -0.154. The molecular formula is C37H48N4O6. The van der Waals surface area contributed by atoms with Gasteiger partial charge in [-0.25, -0.2) is 14.5 Å². The highest BCUT2D eigenvalue weighted by Crippen LogP contribution is 2.38. The SMILES string of the molecule is CC(C)(C)OC(=O)CCc1cccc(NC(=O)CN2C(=O)N(CC(=O)C3CCCC3)c3ccccc3N(C3CCCCCC3)C2=O)c1. The Labute approximate surface area is 277 Å². The summed E-state index contributed by atoms with van der Waals surface area (Å²) in [6.07, 6.45) is 9.92. The Morgan fingerprint density at radius 2 is 1.45 bits per heavy atom. The number of nitrogens with one attached hydrogen (secondary N) is 1. The summed E-state index contributed by atoms with van der Waals surface area (Å²) in [5.41, 5.74) is 1.87. The van der Waals surface area contributed by atoms with Crippen LogP contribution in [0.4, 0.5) is 26.7 Å². The number of imide groups is 1. The number of Topliss-reactive ketones (excluding diaryl/α,β-unsaturated/α-hetero) is 1. The van der Waals surface area contributed by atoms with Crippen molar-refractivity contribution in [2.75, 3.05) is 28.2 Å². The molecule has 3 aliphatic rings. The highest BCUT2D eigenvalue weighted by atomic mass is 16.6. The fourth-order valence-corrected chi connectivity index (χ4v) is 6.94. The van der Waals surface area contributed by atoms with Gasteiger partial charge < -0.3 is 10.1 Å². The number of ketones is 1. The van der Waals surface area contributed by atoms with Gasteiger partial charge in [0.1, 0.15) is 12.1 Å². The van der Waals surface area contributed by atoms with Crippen molar-refractivity contribution in [3.63, 3.8) is 0 Å². The number of carbonyl (C=O) groups excluding carboxylic acids is 5. The predicted octanol–water partition coefficient (Wildman–Crippen LogP) is 7.25. The zero-order valence-corrected chi connectivity index (χ0v) is 28.0. The number of nitrogens with zero attached hydrogens (tertiary/aromatic N) is 3. The van der Waals surface area contributed by atoms with Crippen LogP contribution in [0.3, 0.4) is 0 Å². The van der Waals surface area contributed by atoms with Crippen LogP contribution in [0.2, 0.25) is 0 Å². The predicted molar refractivity (Wildman–Crippen MR) is 181 cm³/mol. The summed E-state index contributed by atoms with van der Waals surface area (Å²) in [5, 5.41) is 2.84. The van der Waals surface area contributed by atoms with Gasteiger partial charge in [0.15, 0.2) is 5.78 Å². The van der Waals surface area contributed by atoms with Crippen LogP contribution < -0.4 is 15.1 Å². The van der Waals surface area contributed by atoms with Crippen molar-refractivity contribution in [3.05, 3.63) is 54.1 Å². The van der Waals surface area contributed by atoms with E-state index in [-0.39, 0.29) is 36.7 Å². The minimum absolute atomic E-state index is 0.0198. The molecule has 0 atom stereocenters. The zero-order chi connectivity index (χ0) is 33.6. The molecule has 0 aromatic heterocycles. The highest BCUT2D eigenvalue weighted by Gasteiger charge is 2.42. The van der Waals surface area contributed by atoms with Crippen LogP contribution in [-0.4, -0.2) is 59.4 Å². The lowest BCUT2D eigenvalue weighted by atomic mass is 10.0. The highest BCUT2D eigenvalue weighted by molar-refractivity contribution is 6.16. The molecule has 0 radical (unpaired) electrons. The number of carbonyl (C=O) groups is 5. The van der Waals surface area contributed by atoms with E-state index in [1.165, 1.54) is 4.90 Å². The summed E-state index contributed by atoms with van der Waals surface area (Å²) in [7, 11) is 0. The minimum atomic E-state index is -0.675. The van der Waals surface area contributed by atoms with Crippen molar-refractivity contribution in [2.45, 2.75) is 109 Å². The van der Waals surface area contributed by atoms with Crippen LogP contribution in [-0.2, 0) is 25.5 Å². The maximum atomic E-state index is 14.4. The first-order chi connectivity index (χ1) is 22.5. The molecular weight excluding hydrogens is 596 g/mol. The molecule has 2 aromatic rings. The average molecular weight is 645 g/mol. The molecule has 2 aromatic carbocycles. The van der Waals surface area contributed by atoms with E-state index in [1.807, 2.05) is 45.0 Å². The van der Waals surface area contributed by atoms with Gasteiger partial charge in [0.2, 0.25) is 5.91 Å². The van der Waals surface area contributed by atoms with Gasteiger partial charge in [0, 0.05) is 24.1 Å². The molecule has 0 unspecified atom stereocenters. The number of rotatable bonds is 10. The zero-order valence-electron chi connectivity index (χ0n) is 28.0. The molecule has 1 aliphatic heterocycles. The van der Waals surface area contributed by atoms with Crippen LogP contribution in [0.25, 0.3) is 0 Å². The summed E-state index contributed by atoms with van der Waals surface area (Å²) in [5.74, 6) is -0.968. The van der Waals surface area contributed by atoms with Crippen LogP contribution in [0.15, 0.2) is 48.5 Å². The van der Waals surface area contributed by atoms with Gasteiger partial charge in [0.05, 0.1) is 17.9 Å². The van der Waals surface area contributed by atoms with Gasteiger partial charge in [-0.15, -0.1) is 0 Å². The topological polar surface area (TPSA) is 116 Å². The first-order valence-corrected chi connectivity index (χ1v) is 17.1. The maximum absolute atomic E-state index is 14.4. The van der Waals surface area contributed by atoms with E-state index in [2.05, 4.69) is 5.32 Å². The van der Waals surface area contributed by atoms with Crippen molar-refractivity contribution < 1.29 is 28.7 Å². The lowest BCUT2D eigenvalue weighted by Gasteiger charge is -2.33. The van der Waals surface area contributed by atoms with Crippen molar-refractivity contribution in [1.29, 1.82) is 0 Å². The molecule has 2 fully saturated rings. The fourth-order valence-electron chi connectivity index (χ4n) is 6.94. The van der Waals surface area contributed by atoms with Crippen LogP contribution in [0.5, 0.6) is 0 Å². The van der Waals surface area contributed by atoms with Gasteiger partial charge >= 0.3 is 18.0 Å². The minimum Gasteiger partial charge on any atom is -0.460 e. The van der Waals surface area contributed by atoms with E-state index >= 15 is 0 Å². The maximum Gasteiger partial charge on any atom is 0.333 e. The van der Waals surface area contributed by atoms with Crippen LogP contribution in [0, 0.1) is 5.92 Å². The molecule has 2 saturated carbocycles. The molecule has 10 nitrogen and oxygen atoms in total. The van der Waals surface area contributed by atoms with Crippen molar-refractivity contribution >= 4 is 46.8 Å². The number of amides is 5. The van der Waals surface area contributed by atoms with Gasteiger partial charge in [0.25, 0.3) is 0 Å². The number of esters is 1. The number of ether oxygens (including phenoxy) is 1. The molecule has 1 N–H and O–H groups in total. The van der Waals surface area contributed by atoms with E-state index < -0.39 is 30.1 Å². The van der Waals surface area contributed by atoms with E-state index in [1.54, 1.807) is 29.2 Å². The van der Waals surface area contributed by atoms with Crippen molar-refractivity contribution in [2.24, 2.45) is 5.92 Å². The number of hydrogen-bond acceptors (Lipinski definition) is 6. The number of aryl methyl sites for hydroxylation is 1. The van der Waals surface area contributed by atoms with Crippen LogP contribution in [0.1, 0.15) is 97.0 Å². The fraction of sp³-hybridized carbons (Fsp3) is 0.541. The lowest BCUT2D eigenvalue weighted by Crippen LogP contribution is -2.54. The number of urea groups is 2. The summed E-state index contributed by atoms with van der Waals surface area (Å²) in [6, 6.07) is 13.1. The van der Waals surface area contributed by atoms with Gasteiger partial charge in [-0.2, -0.15) is 0 Å². The van der Waals surface area contributed by atoms with Gasteiger partial charge in [-0.1, -0.05) is 62.8 Å². The molecule has 10 heteroatoms. The Morgan fingerprint density at radius 3 is 2.13 bits per heavy atom. The molecule has 47 heavy (non-hydrogen) atoms. The van der Waals surface area contributed by atoms with Crippen molar-refractivity contribution in [3.8, 4) is 0 Å². The van der Waals surface area contributed by atoms with Crippen LogP contribution >= 0.6 is 0 Å². The van der Waals surface area contributed by atoms with Gasteiger partial charge in [-0.3, -0.25) is 24.2 Å². The summed E-state index contributed by atoms with van der Waals surface area (Å²) >= 11 is 0. The third-order valence-corrected chi connectivity index (χ3v) is 9.20. The van der Waals surface area contributed by atoms with Gasteiger partial charge in [-0.05, 0) is 82.7 Å². The van der Waals surface area contributed by atoms with E-state index in [9.17, 15) is 24.0 Å². The third kappa shape index (κ3) is 8.78. The smallest absolute Gasteiger partial charge is 0.333 e. The first kappa shape index (κ1) is 34.1. The normalized spacial score (nSPS) is 18.1. The van der Waals surface area contributed by atoms with Crippen molar-refractivity contribution in [1.82, 2.24) is 4.90 Å². The second kappa shape index (κ2) is 15.1. The quantitative estimate of drug-likeness (QED) is 0.215. The Morgan fingerprint density at radius 1 is 0.787 bits per heavy atom. The Balaban J connectivity index is 1.38. The Kier molecular flexibility index (Phi) is 11.0. The molecule has 1 heterocycles. The second-order valence-corrected chi connectivity index (χ2v) is 14.0. The molecule has 2 aliphatic carbocycles. The number of benzene rings is 2. The number of anilines is 3. The molecule has 252 valence electrons. The first-order valence-electron chi connectivity index (χ1n) is 17.1. The number of fused-ring (bicyclic) bond motifs is 1. The summed E-state index contributed by atoms with van der Waals surface area (Å²) in [4.78, 5) is 72.0. The average Bonchev–Trinajstić information content (AvgIpc) is 3.42. The number of para-hydroxylation sites is 2. The Bertz CT molecular complexity index is 1470. The van der Waals surface area contributed by atoms with E-state index in [0.29, 0.717) is 23.5 Å². The summed E-state index contributed by atoms with van der Waals surface area (Å²) < 4.78 is 5.41. The second-order valence-electron chi connectivity index (χ2n) is 14.0. The standard InChI is InChI=1S/C37H48N4O6/c1-37(2,3)47-34(44)22-21-26-13-12-16-28(23-26)38-33(43)25-40-35(45)39(24-32(42)27-14-8-9-15-27)30-19-10-11-20-31(30)41(36(40)46)29-17-6-4-5-7-18-29/h10-13,16,19-20,23,27,29H,4-9,14-15,17-18,21-22,24-25H2,1-3H3,(H,38,43). The monoisotopic (exact) mass is 644 g/mol. The molecule has 0 spiro atoms. The largest absolute Gasteiger partial charge is 0.460 e. The third-order valence-electron chi connectivity index (χ3n) is 9.20. The summed E-state index contributed by atoms with van der Waals surface area (Å²) in [6.45, 7) is 4.81. The molecule has 5 amide bonds. The van der Waals surface area contributed by atoms with E-state index in [4.69, 9.17) is 4.74 Å².